The van der Waals surface area contributed by atoms with Gasteiger partial charge in [0.05, 0.1) is 6.61 Å². The molecular formula is C17H22N2O4. The zero-order valence-electron chi connectivity index (χ0n) is 13.9. The summed E-state index contributed by atoms with van der Waals surface area (Å²) in [4.78, 5) is 23.7. The van der Waals surface area contributed by atoms with Crippen molar-refractivity contribution in [3.8, 4) is 0 Å². The van der Waals surface area contributed by atoms with Gasteiger partial charge in [-0.15, -0.1) is 0 Å². The monoisotopic (exact) mass is 318 g/mol. The largest absolute Gasteiger partial charge is 0.465 e. The summed E-state index contributed by atoms with van der Waals surface area (Å²) >= 11 is 0. The molecule has 0 saturated heterocycles. The number of carbonyl (C=O) groups is 1. The van der Waals surface area contributed by atoms with Crippen molar-refractivity contribution in [2.75, 3.05) is 13.2 Å². The molecule has 0 spiro atoms. The maximum Gasteiger partial charge on any atom is 0.323 e. The van der Waals surface area contributed by atoms with Crippen molar-refractivity contribution < 1.29 is 14.5 Å². The van der Waals surface area contributed by atoms with Crippen molar-refractivity contribution in [3.63, 3.8) is 0 Å². The summed E-state index contributed by atoms with van der Waals surface area (Å²) in [5.41, 5.74) is 0.279. The van der Waals surface area contributed by atoms with Crippen molar-refractivity contribution in [2.45, 2.75) is 26.2 Å². The Morgan fingerprint density at radius 2 is 2.04 bits per heavy atom. The average molecular weight is 318 g/mol. The number of benzene rings is 1. The first-order chi connectivity index (χ1) is 10.8. The highest BCUT2D eigenvalue weighted by atomic mass is 16.6. The molecule has 0 aliphatic heterocycles. The number of ether oxygens (including phenoxy) is 1. The third-order valence-electron chi connectivity index (χ3n) is 4.38. The number of carbonyl (C=O) groups excluding carboxylic acids is 1. The molecule has 0 bridgehead atoms. The molecule has 0 aliphatic carbocycles. The van der Waals surface area contributed by atoms with Crippen LogP contribution in [0.2, 0.25) is 0 Å². The van der Waals surface area contributed by atoms with Gasteiger partial charge in [-0.2, -0.15) is 0 Å². The van der Waals surface area contributed by atoms with Crippen molar-refractivity contribution in [2.24, 2.45) is 13.0 Å². The van der Waals surface area contributed by atoms with E-state index in [9.17, 15) is 14.9 Å². The Bertz CT molecular complexity index is 735. The van der Waals surface area contributed by atoms with Gasteiger partial charge in [-0.3, -0.25) is 14.9 Å². The molecule has 1 atom stereocenters. The topological polar surface area (TPSA) is 74.4 Å². The second-order valence-corrected chi connectivity index (χ2v) is 6.01. The predicted octanol–water partition coefficient (Wildman–Crippen LogP) is 2.91. The molecule has 0 amide bonds. The minimum atomic E-state index is -1.31. The van der Waals surface area contributed by atoms with Gasteiger partial charge in [0, 0.05) is 34.6 Å². The molecule has 23 heavy (non-hydrogen) atoms. The highest BCUT2D eigenvalue weighted by Crippen LogP contribution is 2.39. The zero-order chi connectivity index (χ0) is 17.2. The lowest BCUT2D eigenvalue weighted by Crippen LogP contribution is -2.47. The molecule has 1 heterocycles. The molecule has 1 aromatic heterocycles. The van der Waals surface area contributed by atoms with E-state index in [1.807, 2.05) is 55.9 Å². The number of nitro groups is 1. The maximum absolute atomic E-state index is 12.8. The van der Waals surface area contributed by atoms with Crippen LogP contribution < -0.4 is 0 Å². The first-order valence-electron chi connectivity index (χ1n) is 7.68. The molecule has 2 rings (SSSR count). The van der Waals surface area contributed by atoms with Crippen LogP contribution in [0.4, 0.5) is 0 Å². The molecule has 1 aromatic carbocycles. The highest BCUT2D eigenvalue weighted by Gasteiger charge is 2.51. The van der Waals surface area contributed by atoms with E-state index in [-0.39, 0.29) is 12.5 Å². The van der Waals surface area contributed by atoms with Crippen LogP contribution in [-0.4, -0.2) is 28.6 Å². The molecule has 0 fully saturated rings. The molecule has 0 saturated carbocycles. The summed E-state index contributed by atoms with van der Waals surface area (Å²) in [6.07, 6.45) is 1.81. The fraction of sp³-hybridized carbons (Fsp3) is 0.471. The highest BCUT2D eigenvalue weighted by molar-refractivity contribution is 5.93. The van der Waals surface area contributed by atoms with Gasteiger partial charge in [-0.05, 0) is 18.9 Å². The minimum absolute atomic E-state index is 0.190. The Kier molecular flexibility index (Phi) is 4.73. The fourth-order valence-corrected chi connectivity index (χ4v) is 3.15. The van der Waals surface area contributed by atoms with Crippen LogP contribution in [0.1, 0.15) is 26.3 Å². The lowest BCUT2D eigenvalue weighted by Gasteiger charge is -2.31. The van der Waals surface area contributed by atoms with Gasteiger partial charge in [0.1, 0.15) is 0 Å². The van der Waals surface area contributed by atoms with Gasteiger partial charge >= 0.3 is 5.97 Å². The third kappa shape index (κ3) is 2.81. The van der Waals surface area contributed by atoms with Crippen LogP contribution >= 0.6 is 0 Å². The van der Waals surface area contributed by atoms with E-state index in [2.05, 4.69) is 0 Å². The van der Waals surface area contributed by atoms with Crippen molar-refractivity contribution >= 4 is 16.9 Å². The third-order valence-corrected chi connectivity index (χ3v) is 4.38. The van der Waals surface area contributed by atoms with Gasteiger partial charge in [-0.25, -0.2) is 0 Å². The summed E-state index contributed by atoms with van der Waals surface area (Å²) in [5, 5.41) is 12.2. The number of aromatic nitrogens is 1. The lowest BCUT2D eigenvalue weighted by molar-refractivity contribution is -0.490. The van der Waals surface area contributed by atoms with Crippen molar-refractivity contribution in [1.29, 1.82) is 0 Å². The smallest absolute Gasteiger partial charge is 0.323 e. The van der Waals surface area contributed by atoms with E-state index in [1.165, 1.54) is 0 Å². The van der Waals surface area contributed by atoms with Gasteiger partial charge in [0.15, 0.2) is 5.41 Å². The zero-order valence-corrected chi connectivity index (χ0v) is 13.9. The molecule has 0 radical (unpaired) electrons. The second kappa shape index (κ2) is 6.40. The number of fused-ring (bicyclic) bond motifs is 1. The summed E-state index contributed by atoms with van der Waals surface area (Å²) in [7, 11) is 1.87. The van der Waals surface area contributed by atoms with E-state index in [4.69, 9.17) is 4.74 Å². The molecule has 0 N–H and O–H groups in total. The lowest BCUT2D eigenvalue weighted by atomic mass is 9.71. The summed E-state index contributed by atoms with van der Waals surface area (Å²) < 4.78 is 7.12. The summed E-state index contributed by atoms with van der Waals surface area (Å²) in [6.45, 7) is 5.05. The van der Waals surface area contributed by atoms with E-state index in [0.29, 0.717) is 5.56 Å². The van der Waals surface area contributed by atoms with Crippen LogP contribution in [0.15, 0.2) is 30.5 Å². The van der Waals surface area contributed by atoms with E-state index in [1.54, 1.807) is 6.92 Å². The van der Waals surface area contributed by atoms with Gasteiger partial charge < -0.3 is 9.30 Å². The number of esters is 1. The fourth-order valence-electron chi connectivity index (χ4n) is 3.15. The van der Waals surface area contributed by atoms with E-state index in [0.717, 1.165) is 10.9 Å². The van der Waals surface area contributed by atoms with Gasteiger partial charge in [-0.1, -0.05) is 32.0 Å². The predicted molar refractivity (Wildman–Crippen MR) is 87.9 cm³/mol. The summed E-state index contributed by atoms with van der Waals surface area (Å²) in [5.74, 6) is -0.819. The standard InChI is InChI=1S/C17H22N2O4/c1-5-23-16(20)17(12(2)3,11-19(21)22)14-10-18(4)15-9-7-6-8-13(14)15/h6-10,12H,5,11H2,1-4H3/t17-/m0/s1. The number of hydrogen-bond acceptors (Lipinski definition) is 4. The normalized spacial score (nSPS) is 14.0. The average Bonchev–Trinajstić information content (AvgIpc) is 2.82. The Labute approximate surface area is 135 Å². The van der Waals surface area contributed by atoms with Crippen LogP contribution in [-0.2, 0) is 22.0 Å². The Hall–Kier alpha value is -2.37. The Balaban J connectivity index is 2.77. The SMILES string of the molecule is CCOC(=O)[C@](C[N+](=O)[O-])(c1cn(C)c2ccccc12)C(C)C. The molecule has 6 heteroatoms. The van der Waals surface area contributed by atoms with Crippen LogP contribution in [0.25, 0.3) is 10.9 Å². The number of aryl methyl sites for hydroxylation is 1. The van der Waals surface area contributed by atoms with Gasteiger partial charge in [0.25, 0.3) is 0 Å². The van der Waals surface area contributed by atoms with Gasteiger partial charge in [0.2, 0.25) is 6.54 Å². The molecule has 0 unspecified atom stereocenters. The molecule has 0 aliphatic rings. The first kappa shape index (κ1) is 17.0. The molecule has 2 aromatic rings. The molecule has 124 valence electrons. The Morgan fingerprint density at radius 1 is 1.39 bits per heavy atom. The van der Waals surface area contributed by atoms with Crippen LogP contribution in [0.3, 0.4) is 0 Å². The Morgan fingerprint density at radius 3 is 2.61 bits per heavy atom. The summed E-state index contributed by atoms with van der Waals surface area (Å²) in [6, 6.07) is 7.59. The number of rotatable bonds is 6. The molecule has 6 nitrogen and oxygen atoms in total. The van der Waals surface area contributed by atoms with Crippen LogP contribution in [0, 0.1) is 16.0 Å². The van der Waals surface area contributed by atoms with E-state index < -0.39 is 22.9 Å². The van der Waals surface area contributed by atoms with Crippen LogP contribution in [0.5, 0.6) is 0 Å². The quantitative estimate of drug-likeness (QED) is 0.466. The number of para-hydroxylation sites is 1. The van der Waals surface area contributed by atoms with Crippen molar-refractivity contribution in [1.82, 2.24) is 4.57 Å². The molecular weight excluding hydrogens is 296 g/mol. The van der Waals surface area contributed by atoms with Crippen molar-refractivity contribution in [3.05, 3.63) is 46.1 Å². The number of hydrogen-bond donors (Lipinski definition) is 0. The maximum atomic E-state index is 12.8. The minimum Gasteiger partial charge on any atom is -0.465 e. The second-order valence-electron chi connectivity index (χ2n) is 6.01. The number of nitrogens with zero attached hydrogens (tertiary/aromatic N) is 2. The first-order valence-corrected chi connectivity index (χ1v) is 7.68. The van der Waals surface area contributed by atoms with E-state index >= 15 is 0 Å².